The van der Waals surface area contributed by atoms with Gasteiger partial charge in [0.25, 0.3) is 0 Å². The van der Waals surface area contributed by atoms with Crippen molar-refractivity contribution in [3.05, 3.63) is 34.9 Å². The standard InChI is InChI=1S/C13H18ClNO3/c1-10(13(17)18)8-15(6-7-16)9-11-2-4-12(14)5-3-11/h2-5,10,16H,6-9H2,1H3,(H,17,18). The van der Waals surface area contributed by atoms with Crippen LogP contribution in [0.3, 0.4) is 0 Å². The van der Waals surface area contributed by atoms with Gasteiger partial charge in [-0.25, -0.2) is 0 Å². The lowest BCUT2D eigenvalue weighted by atomic mass is 10.1. The first-order valence-corrected chi connectivity index (χ1v) is 6.21. The van der Waals surface area contributed by atoms with E-state index in [2.05, 4.69) is 0 Å². The summed E-state index contributed by atoms with van der Waals surface area (Å²) in [7, 11) is 0. The zero-order valence-corrected chi connectivity index (χ0v) is 11.1. The minimum Gasteiger partial charge on any atom is -0.481 e. The van der Waals surface area contributed by atoms with Gasteiger partial charge < -0.3 is 10.2 Å². The smallest absolute Gasteiger partial charge is 0.307 e. The van der Waals surface area contributed by atoms with E-state index in [1.54, 1.807) is 19.1 Å². The molecule has 0 aliphatic rings. The minimum atomic E-state index is -0.825. The molecule has 18 heavy (non-hydrogen) atoms. The van der Waals surface area contributed by atoms with Gasteiger partial charge in [-0.05, 0) is 17.7 Å². The van der Waals surface area contributed by atoms with Gasteiger partial charge in [0, 0.05) is 24.7 Å². The highest BCUT2D eigenvalue weighted by molar-refractivity contribution is 6.30. The van der Waals surface area contributed by atoms with Gasteiger partial charge in [-0.3, -0.25) is 9.69 Å². The minimum absolute atomic E-state index is 0.0138. The van der Waals surface area contributed by atoms with Crippen molar-refractivity contribution < 1.29 is 15.0 Å². The molecule has 0 aliphatic heterocycles. The number of carbonyl (C=O) groups is 1. The quantitative estimate of drug-likeness (QED) is 0.795. The fourth-order valence-electron chi connectivity index (χ4n) is 1.69. The Bertz CT molecular complexity index is 380. The van der Waals surface area contributed by atoms with Crippen LogP contribution in [0.25, 0.3) is 0 Å². The van der Waals surface area contributed by atoms with Gasteiger partial charge in [-0.1, -0.05) is 30.7 Å². The van der Waals surface area contributed by atoms with E-state index in [0.29, 0.717) is 24.7 Å². The fraction of sp³-hybridized carbons (Fsp3) is 0.462. The lowest BCUT2D eigenvalue weighted by Crippen LogP contribution is -2.33. The monoisotopic (exact) mass is 271 g/mol. The van der Waals surface area contributed by atoms with Crippen LogP contribution in [0.1, 0.15) is 12.5 Å². The first kappa shape index (κ1) is 15.0. The lowest BCUT2D eigenvalue weighted by molar-refractivity contribution is -0.141. The molecule has 5 heteroatoms. The summed E-state index contributed by atoms with van der Waals surface area (Å²) in [5.74, 6) is -1.28. The van der Waals surface area contributed by atoms with Gasteiger partial charge in [0.2, 0.25) is 0 Å². The van der Waals surface area contributed by atoms with Crippen LogP contribution in [-0.2, 0) is 11.3 Å². The molecule has 100 valence electrons. The van der Waals surface area contributed by atoms with Crippen LogP contribution in [0.5, 0.6) is 0 Å². The maximum absolute atomic E-state index is 10.8. The van der Waals surface area contributed by atoms with Crippen LogP contribution in [0.15, 0.2) is 24.3 Å². The number of carboxylic acid groups (broad SMARTS) is 1. The van der Waals surface area contributed by atoms with Gasteiger partial charge in [0.05, 0.1) is 12.5 Å². The second kappa shape index (κ2) is 7.36. The van der Waals surface area contributed by atoms with Gasteiger partial charge >= 0.3 is 5.97 Å². The number of benzene rings is 1. The van der Waals surface area contributed by atoms with Crippen LogP contribution >= 0.6 is 11.6 Å². The number of carboxylic acids is 1. The number of hydrogen-bond acceptors (Lipinski definition) is 3. The molecular formula is C13H18ClNO3. The largest absolute Gasteiger partial charge is 0.481 e. The summed E-state index contributed by atoms with van der Waals surface area (Å²) in [4.78, 5) is 12.7. The number of nitrogens with zero attached hydrogens (tertiary/aromatic N) is 1. The van der Waals surface area contributed by atoms with Crippen LogP contribution in [-0.4, -0.2) is 40.8 Å². The third-order valence-corrected chi connectivity index (χ3v) is 2.94. The van der Waals surface area contributed by atoms with Crippen molar-refractivity contribution >= 4 is 17.6 Å². The van der Waals surface area contributed by atoms with Crippen molar-refractivity contribution in [2.24, 2.45) is 5.92 Å². The third-order valence-electron chi connectivity index (χ3n) is 2.69. The summed E-state index contributed by atoms with van der Waals surface area (Å²) in [5, 5.41) is 18.6. The predicted octanol–water partition coefficient (Wildman–Crippen LogP) is 1.85. The van der Waals surface area contributed by atoms with E-state index in [9.17, 15) is 4.79 Å². The SMILES string of the molecule is CC(CN(CCO)Cc1ccc(Cl)cc1)C(=O)O. The molecule has 0 fully saturated rings. The van der Waals surface area contributed by atoms with E-state index in [0.717, 1.165) is 5.56 Å². The van der Waals surface area contributed by atoms with Crippen molar-refractivity contribution in [3.63, 3.8) is 0 Å². The van der Waals surface area contributed by atoms with E-state index in [4.69, 9.17) is 21.8 Å². The molecule has 1 aromatic carbocycles. The molecule has 0 spiro atoms. The molecule has 0 aliphatic carbocycles. The molecule has 0 amide bonds. The number of aliphatic carboxylic acids is 1. The molecule has 0 heterocycles. The summed E-state index contributed by atoms with van der Waals surface area (Å²) < 4.78 is 0. The summed E-state index contributed by atoms with van der Waals surface area (Å²) in [5.41, 5.74) is 1.05. The van der Waals surface area contributed by atoms with Crippen molar-refractivity contribution in [2.45, 2.75) is 13.5 Å². The number of halogens is 1. The van der Waals surface area contributed by atoms with E-state index in [1.807, 2.05) is 17.0 Å². The van der Waals surface area contributed by atoms with Crippen molar-refractivity contribution in [1.29, 1.82) is 0 Å². The molecule has 4 nitrogen and oxygen atoms in total. The molecule has 1 atom stereocenters. The van der Waals surface area contributed by atoms with Gasteiger partial charge in [0.1, 0.15) is 0 Å². The normalized spacial score (nSPS) is 12.7. The van der Waals surface area contributed by atoms with Crippen LogP contribution in [0.4, 0.5) is 0 Å². The molecule has 0 saturated heterocycles. The molecule has 0 radical (unpaired) electrons. The van der Waals surface area contributed by atoms with Crippen LogP contribution in [0.2, 0.25) is 5.02 Å². The fourth-order valence-corrected chi connectivity index (χ4v) is 1.82. The Labute approximate surface area is 112 Å². The van der Waals surface area contributed by atoms with E-state index >= 15 is 0 Å². The van der Waals surface area contributed by atoms with Gasteiger partial charge in [0.15, 0.2) is 0 Å². The third kappa shape index (κ3) is 5.04. The molecule has 1 unspecified atom stereocenters. The molecule has 0 bridgehead atoms. The first-order chi connectivity index (χ1) is 8.52. The highest BCUT2D eigenvalue weighted by Gasteiger charge is 2.16. The number of hydrogen-bond donors (Lipinski definition) is 2. The molecule has 1 aromatic rings. The Kier molecular flexibility index (Phi) is 6.12. The Balaban J connectivity index is 2.62. The van der Waals surface area contributed by atoms with E-state index in [-0.39, 0.29) is 6.61 Å². The first-order valence-electron chi connectivity index (χ1n) is 5.83. The van der Waals surface area contributed by atoms with E-state index < -0.39 is 11.9 Å². The highest BCUT2D eigenvalue weighted by Crippen LogP contribution is 2.12. The Morgan fingerprint density at radius 1 is 1.39 bits per heavy atom. The maximum atomic E-state index is 10.8. The molecule has 2 N–H and O–H groups in total. The lowest BCUT2D eigenvalue weighted by Gasteiger charge is -2.23. The molecular weight excluding hydrogens is 254 g/mol. The number of rotatable bonds is 7. The zero-order chi connectivity index (χ0) is 13.5. The average Bonchev–Trinajstić information content (AvgIpc) is 2.32. The molecule has 1 rings (SSSR count). The van der Waals surface area contributed by atoms with E-state index in [1.165, 1.54) is 0 Å². The predicted molar refractivity (Wildman–Crippen MR) is 70.6 cm³/mol. The van der Waals surface area contributed by atoms with Crippen molar-refractivity contribution in [3.8, 4) is 0 Å². The number of aliphatic hydroxyl groups is 1. The summed E-state index contributed by atoms with van der Waals surface area (Å²) in [6, 6.07) is 7.40. The average molecular weight is 272 g/mol. The summed E-state index contributed by atoms with van der Waals surface area (Å²) in [6.07, 6.45) is 0. The van der Waals surface area contributed by atoms with Gasteiger partial charge in [-0.15, -0.1) is 0 Å². The Hall–Kier alpha value is -1.10. The van der Waals surface area contributed by atoms with Crippen molar-refractivity contribution in [1.82, 2.24) is 4.90 Å². The summed E-state index contributed by atoms with van der Waals surface area (Å²) in [6.45, 7) is 3.16. The highest BCUT2D eigenvalue weighted by atomic mass is 35.5. The molecule has 0 aromatic heterocycles. The summed E-state index contributed by atoms with van der Waals surface area (Å²) >= 11 is 5.80. The Morgan fingerprint density at radius 2 is 2.00 bits per heavy atom. The Morgan fingerprint density at radius 3 is 2.50 bits per heavy atom. The van der Waals surface area contributed by atoms with Crippen LogP contribution < -0.4 is 0 Å². The second-order valence-electron chi connectivity index (χ2n) is 4.32. The maximum Gasteiger partial charge on any atom is 0.307 e. The van der Waals surface area contributed by atoms with Crippen molar-refractivity contribution in [2.75, 3.05) is 19.7 Å². The number of aliphatic hydroxyl groups excluding tert-OH is 1. The second-order valence-corrected chi connectivity index (χ2v) is 4.76. The van der Waals surface area contributed by atoms with Gasteiger partial charge in [-0.2, -0.15) is 0 Å². The van der Waals surface area contributed by atoms with Crippen LogP contribution in [0, 0.1) is 5.92 Å². The zero-order valence-electron chi connectivity index (χ0n) is 10.3. The molecule has 0 saturated carbocycles. The topological polar surface area (TPSA) is 60.8 Å².